The average molecular weight is 259 g/mol. The Morgan fingerprint density at radius 3 is 2.62 bits per heavy atom. The second-order valence-electron chi connectivity index (χ2n) is 3.74. The molecule has 1 rings (SSSR count). The molecule has 0 atom stereocenters. The zero-order valence-corrected chi connectivity index (χ0v) is 11.1. The molecular weight excluding hydrogens is 240 g/mol. The Morgan fingerprint density at radius 1 is 1.06 bits per heavy atom. The van der Waals surface area contributed by atoms with Gasteiger partial charge in [-0.15, -0.1) is 0 Å². The van der Waals surface area contributed by atoms with Gasteiger partial charge in [0.25, 0.3) is 0 Å². The number of benzene rings is 1. The zero-order chi connectivity index (χ0) is 11.6. The van der Waals surface area contributed by atoms with Gasteiger partial charge in [0.1, 0.15) is 0 Å². The van der Waals surface area contributed by atoms with E-state index in [9.17, 15) is 0 Å². The van der Waals surface area contributed by atoms with Gasteiger partial charge in [0.2, 0.25) is 0 Å². The van der Waals surface area contributed by atoms with Crippen molar-refractivity contribution in [3.05, 3.63) is 34.9 Å². The van der Waals surface area contributed by atoms with Crippen LogP contribution in [-0.2, 0) is 6.42 Å². The Bertz CT molecular complexity index is 291. The highest BCUT2D eigenvalue weighted by molar-refractivity contribution is 7.99. The third kappa shape index (κ3) is 5.78. The summed E-state index contributed by atoms with van der Waals surface area (Å²) in [5.41, 5.74) is 1.26. The maximum absolute atomic E-state index is 8.61. The van der Waals surface area contributed by atoms with E-state index in [4.69, 9.17) is 16.7 Å². The molecule has 0 unspecified atom stereocenters. The van der Waals surface area contributed by atoms with Crippen molar-refractivity contribution in [1.82, 2.24) is 0 Å². The molecule has 1 aromatic carbocycles. The van der Waals surface area contributed by atoms with Crippen LogP contribution >= 0.6 is 23.4 Å². The molecule has 0 saturated heterocycles. The van der Waals surface area contributed by atoms with E-state index in [-0.39, 0.29) is 0 Å². The lowest BCUT2D eigenvalue weighted by molar-refractivity contribution is 0.322. The quantitative estimate of drug-likeness (QED) is 0.716. The average Bonchev–Trinajstić information content (AvgIpc) is 2.30. The molecule has 90 valence electrons. The van der Waals surface area contributed by atoms with Crippen LogP contribution in [0.1, 0.15) is 24.8 Å². The highest BCUT2D eigenvalue weighted by Gasteiger charge is 1.98. The van der Waals surface area contributed by atoms with Crippen molar-refractivity contribution in [2.45, 2.75) is 25.7 Å². The predicted octanol–water partition coefficient (Wildman–Crippen LogP) is 3.78. The van der Waals surface area contributed by atoms with Crippen LogP contribution in [0.15, 0.2) is 24.3 Å². The number of halogens is 1. The molecule has 0 spiro atoms. The van der Waals surface area contributed by atoms with E-state index < -0.39 is 0 Å². The molecule has 0 aliphatic carbocycles. The van der Waals surface area contributed by atoms with E-state index in [0.717, 1.165) is 22.9 Å². The van der Waals surface area contributed by atoms with Crippen molar-refractivity contribution in [3.8, 4) is 0 Å². The summed E-state index contributed by atoms with van der Waals surface area (Å²) in [6.07, 6.45) is 4.74. The third-order valence-electron chi connectivity index (χ3n) is 2.43. The minimum Gasteiger partial charge on any atom is -0.396 e. The van der Waals surface area contributed by atoms with Gasteiger partial charge in [0.05, 0.1) is 6.61 Å². The summed E-state index contributed by atoms with van der Waals surface area (Å²) in [5, 5.41) is 9.50. The molecule has 0 radical (unpaired) electrons. The van der Waals surface area contributed by atoms with Gasteiger partial charge in [-0.05, 0) is 36.6 Å². The lowest BCUT2D eigenvalue weighted by atomic mass is 10.1. The van der Waals surface area contributed by atoms with Crippen LogP contribution in [0.2, 0.25) is 5.02 Å². The Balaban J connectivity index is 2.05. The normalized spacial score (nSPS) is 10.6. The lowest BCUT2D eigenvalue weighted by Gasteiger charge is -2.03. The monoisotopic (exact) mass is 258 g/mol. The number of unbranched alkanes of at least 4 members (excludes halogenated alkanes) is 2. The fourth-order valence-electron chi connectivity index (χ4n) is 1.56. The minimum atomic E-state index is 0.296. The molecule has 16 heavy (non-hydrogen) atoms. The number of aryl methyl sites for hydroxylation is 1. The number of aliphatic hydroxyl groups is 1. The van der Waals surface area contributed by atoms with Crippen molar-refractivity contribution >= 4 is 23.4 Å². The Morgan fingerprint density at radius 2 is 1.88 bits per heavy atom. The van der Waals surface area contributed by atoms with Crippen LogP contribution in [0.5, 0.6) is 0 Å². The van der Waals surface area contributed by atoms with Crippen molar-refractivity contribution in [3.63, 3.8) is 0 Å². The summed E-state index contributed by atoms with van der Waals surface area (Å²) in [7, 11) is 0. The molecule has 3 heteroatoms. The van der Waals surface area contributed by atoms with E-state index in [1.807, 2.05) is 30.0 Å². The molecule has 0 aliphatic rings. The molecule has 0 fully saturated rings. The van der Waals surface area contributed by atoms with Gasteiger partial charge in [-0.1, -0.05) is 36.2 Å². The lowest BCUT2D eigenvalue weighted by Crippen LogP contribution is -1.90. The summed E-state index contributed by atoms with van der Waals surface area (Å²) in [4.78, 5) is 0. The maximum Gasteiger partial charge on any atom is 0.0521 e. The van der Waals surface area contributed by atoms with Gasteiger partial charge in [0.15, 0.2) is 0 Å². The summed E-state index contributed by atoms with van der Waals surface area (Å²) in [6.45, 7) is 0.296. The molecule has 0 aliphatic heterocycles. The fraction of sp³-hybridized carbons (Fsp3) is 0.538. The summed E-state index contributed by atoms with van der Waals surface area (Å²) in [5.74, 6) is 2.02. The predicted molar refractivity (Wildman–Crippen MR) is 73.4 cm³/mol. The maximum atomic E-state index is 8.61. The summed E-state index contributed by atoms with van der Waals surface area (Å²) in [6, 6.07) is 8.06. The molecule has 0 aromatic heterocycles. The summed E-state index contributed by atoms with van der Waals surface area (Å²) >= 11 is 7.90. The molecule has 0 saturated carbocycles. The first-order valence-corrected chi connectivity index (χ1v) is 7.30. The van der Waals surface area contributed by atoms with E-state index in [0.29, 0.717) is 6.61 Å². The first-order chi connectivity index (χ1) is 7.84. The molecule has 1 nitrogen and oxygen atoms in total. The first-order valence-electron chi connectivity index (χ1n) is 5.76. The van der Waals surface area contributed by atoms with E-state index >= 15 is 0 Å². The molecular formula is C13H19ClOS. The summed E-state index contributed by atoms with van der Waals surface area (Å²) < 4.78 is 0. The SMILES string of the molecule is OCCSCCCCCc1ccccc1Cl. The first kappa shape index (κ1) is 13.9. The van der Waals surface area contributed by atoms with E-state index in [1.165, 1.54) is 24.8 Å². The number of rotatable bonds is 8. The second kappa shape index (κ2) is 8.91. The van der Waals surface area contributed by atoms with E-state index in [2.05, 4.69) is 6.07 Å². The fourth-order valence-corrected chi connectivity index (χ4v) is 2.54. The van der Waals surface area contributed by atoms with Gasteiger partial charge in [-0.25, -0.2) is 0 Å². The Kier molecular flexibility index (Phi) is 7.73. The standard InChI is InChI=1S/C13H19ClOS/c14-13-8-4-3-7-12(13)6-2-1-5-10-16-11-9-15/h3-4,7-8,15H,1-2,5-6,9-11H2. The van der Waals surface area contributed by atoms with Crippen molar-refractivity contribution in [1.29, 1.82) is 0 Å². The van der Waals surface area contributed by atoms with Gasteiger partial charge < -0.3 is 5.11 Å². The Hall–Kier alpha value is -0.180. The van der Waals surface area contributed by atoms with Crippen LogP contribution < -0.4 is 0 Å². The molecule has 0 heterocycles. The zero-order valence-electron chi connectivity index (χ0n) is 9.49. The highest BCUT2D eigenvalue weighted by Crippen LogP contribution is 2.17. The van der Waals surface area contributed by atoms with Crippen molar-refractivity contribution < 1.29 is 5.11 Å². The molecule has 1 N–H and O–H groups in total. The Labute approximate surface area is 107 Å². The van der Waals surface area contributed by atoms with Crippen LogP contribution in [0.3, 0.4) is 0 Å². The molecule has 1 aromatic rings. The number of aliphatic hydroxyl groups excluding tert-OH is 1. The number of thioether (sulfide) groups is 1. The number of hydrogen-bond acceptors (Lipinski definition) is 2. The van der Waals surface area contributed by atoms with Gasteiger partial charge in [-0.2, -0.15) is 11.8 Å². The van der Waals surface area contributed by atoms with Crippen molar-refractivity contribution in [2.75, 3.05) is 18.1 Å². The number of hydrogen-bond donors (Lipinski definition) is 1. The molecule has 0 amide bonds. The van der Waals surface area contributed by atoms with Crippen molar-refractivity contribution in [2.24, 2.45) is 0 Å². The van der Waals surface area contributed by atoms with Gasteiger partial charge >= 0.3 is 0 Å². The molecule has 0 bridgehead atoms. The van der Waals surface area contributed by atoms with Crippen LogP contribution in [0.25, 0.3) is 0 Å². The van der Waals surface area contributed by atoms with Gasteiger partial charge in [0, 0.05) is 10.8 Å². The smallest absolute Gasteiger partial charge is 0.0521 e. The third-order valence-corrected chi connectivity index (χ3v) is 3.85. The second-order valence-corrected chi connectivity index (χ2v) is 5.37. The minimum absolute atomic E-state index is 0.296. The van der Waals surface area contributed by atoms with E-state index in [1.54, 1.807) is 0 Å². The topological polar surface area (TPSA) is 20.2 Å². The highest BCUT2D eigenvalue weighted by atomic mass is 35.5. The van der Waals surface area contributed by atoms with Crippen LogP contribution in [0.4, 0.5) is 0 Å². The van der Waals surface area contributed by atoms with Crippen LogP contribution in [0, 0.1) is 0 Å². The largest absolute Gasteiger partial charge is 0.396 e. The van der Waals surface area contributed by atoms with Crippen LogP contribution in [-0.4, -0.2) is 23.2 Å². The van der Waals surface area contributed by atoms with Gasteiger partial charge in [-0.3, -0.25) is 0 Å².